The van der Waals surface area contributed by atoms with E-state index in [1.807, 2.05) is 16.8 Å². The molecule has 0 bridgehead atoms. The Kier molecular flexibility index (Phi) is 7.31. The molecule has 0 saturated carbocycles. The number of hydrogen-bond donors (Lipinski definition) is 2. The second kappa shape index (κ2) is 9.93. The standard InChI is InChI=1S/C22H34N6O2/c1-6-23-21(24-15-22(2,3)16-8-7-9-18(12-16)30-5)25-17-10-11-20-26-19(14-29-4)27-28(20)13-17/h7-9,12,17H,6,10-11,13-15H2,1-5H3,(H2,23,24,25). The van der Waals surface area contributed by atoms with Gasteiger partial charge in [0.1, 0.15) is 18.2 Å². The maximum atomic E-state index is 5.38. The fourth-order valence-electron chi connectivity index (χ4n) is 3.59. The van der Waals surface area contributed by atoms with Crippen molar-refractivity contribution in [2.24, 2.45) is 4.99 Å². The van der Waals surface area contributed by atoms with E-state index in [-0.39, 0.29) is 11.5 Å². The van der Waals surface area contributed by atoms with Crippen LogP contribution in [0.4, 0.5) is 0 Å². The van der Waals surface area contributed by atoms with E-state index in [1.54, 1.807) is 14.2 Å². The molecule has 1 aromatic heterocycles. The Labute approximate surface area is 179 Å². The summed E-state index contributed by atoms with van der Waals surface area (Å²) in [7, 11) is 3.36. The average Bonchev–Trinajstić information content (AvgIpc) is 3.14. The van der Waals surface area contributed by atoms with Gasteiger partial charge < -0.3 is 20.1 Å². The van der Waals surface area contributed by atoms with Gasteiger partial charge in [0.15, 0.2) is 11.8 Å². The summed E-state index contributed by atoms with van der Waals surface area (Å²) in [5.41, 5.74) is 1.09. The lowest BCUT2D eigenvalue weighted by Crippen LogP contribution is -2.47. The van der Waals surface area contributed by atoms with Crippen LogP contribution in [0.25, 0.3) is 0 Å². The van der Waals surface area contributed by atoms with Gasteiger partial charge in [-0.2, -0.15) is 5.10 Å². The number of hydrogen-bond acceptors (Lipinski definition) is 5. The van der Waals surface area contributed by atoms with Crippen molar-refractivity contribution in [1.29, 1.82) is 0 Å². The molecule has 30 heavy (non-hydrogen) atoms. The van der Waals surface area contributed by atoms with E-state index in [4.69, 9.17) is 14.5 Å². The molecule has 8 heteroatoms. The summed E-state index contributed by atoms with van der Waals surface area (Å²) in [5, 5.41) is 11.5. The molecule has 3 rings (SSSR count). The van der Waals surface area contributed by atoms with Crippen molar-refractivity contribution in [3.63, 3.8) is 0 Å². The summed E-state index contributed by atoms with van der Waals surface area (Å²) in [6, 6.07) is 8.46. The van der Waals surface area contributed by atoms with E-state index in [9.17, 15) is 0 Å². The maximum Gasteiger partial charge on any atom is 0.191 e. The van der Waals surface area contributed by atoms with Crippen molar-refractivity contribution in [2.45, 2.75) is 58.2 Å². The Morgan fingerprint density at radius 1 is 1.33 bits per heavy atom. The zero-order chi connectivity index (χ0) is 21.6. The molecule has 0 aliphatic carbocycles. The topological polar surface area (TPSA) is 85.6 Å². The SMILES string of the molecule is CCNC(=NCC(C)(C)c1cccc(OC)c1)NC1CCc2nc(COC)nn2C1. The van der Waals surface area contributed by atoms with Crippen LogP contribution in [-0.2, 0) is 29.7 Å². The fourth-order valence-corrected chi connectivity index (χ4v) is 3.59. The van der Waals surface area contributed by atoms with Crippen molar-refractivity contribution >= 4 is 5.96 Å². The molecule has 2 N–H and O–H groups in total. The Hall–Kier alpha value is -2.61. The quantitative estimate of drug-likeness (QED) is 0.509. The summed E-state index contributed by atoms with van der Waals surface area (Å²) in [5.74, 6) is 3.47. The monoisotopic (exact) mass is 414 g/mol. The third-order valence-corrected chi connectivity index (χ3v) is 5.34. The van der Waals surface area contributed by atoms with Crippen molar-refractivity contribution in [1.82, 2.24) is 25.4 Å². The number of fused-ring (bicyclic) bond motifs is 1. The van der Waals surface area contributed by atoms with Crippen LogP contribution in [0, 0.1) is 0 Å². The molecule has 0 spiro atoms. The Bertz CT molecular complexity index is 861. The van der Waals surface area contributed by atoms with E-state index in [0.29, 0.717) is 13.2 Å². The highest BCUT2D eigenvalue weighted by atomic mass is 16.5. The molecule has 0 saturated heterocycles. The molecule has 1 unspecified atom stereocenters. The molecule has 1 aliphatic rings. The largest absolute Gasteiger partial charge is 0.497 e. The second-order valence-corrected chi connectivity index (χ2v) is 8.25. The van der Waals surface area contributed by atoms with Crippen molar-refractivity contribution < 1.29 is 9.47 Å². The molecule has 2 heterocycles. The molecule has 0 radical (unpaired) electrons. The number of ether oxygens (including phenoxy) is 2. The number of rotatable bonds is 8. The van der Waals surface area contributed by atoms with Crippen molar-refractivity contribution in [2.75, 3.05) is 27.3 Å². The number of benzene rings is 1. The van der Waals surface area contributed by atoms with E-state index >= 15 is 0 Å². The van der Waals surface area contributed by atoms with E-state index < -0.39 is 0 Å². The minimum atomic E-state index is -0.114. The van der Waals surface area contributed by atoms with Gasteiger partial charge in [0, 0.05) is 31.5 Å². The minimum Gasteiger partial charge on any atom is -0.497 e. The van der Waals surface area contributed by atoms with Gasteiger partial charge in [-0.25, -0.2) is 9.67 Å². The first-order valence-corrected chi connectivity index (χ1v) is 10.6. The van der Waals surface area contributed by atoms with E-state index in [2.05, 4.69) is 53.6 Å². The lowest BCUT2D eigenvalue weighted by Gasteiger charge is -2.27. The van der Waals surface area contributed by atoms with Crippen LogP contribution in [0.5, 0.6) is 5.75 Å². The number of guanidine groups is 1. The zero-order valence-corrected chi connectivity index (χ0v) is 18.7. The maximum absolute atomic E-state index is 5.38. The highest BCUT2D eigenvalue weighted by Gasteiger charge is 2.24. The van der Waals surface area contributed by atoms with Crippen LogP contribution in [0.2, 0.25) is 0 Å². The summed E-state index contributed by atoms with van der Waals surface area (Å²) < 4.78 is 12.5. The predicted octanol–water partition coefficient (Wildman–Crippen LogP) is 2.28. The van der Waals surface area contributed by atoms with Gasteiger partial charge >= 0.3 is 0 Å². The van der Waals surface area contributed by atoms with Gasteiger partial charge in [0.05, 0.1) is 20.2 Å². The van der Waals surface area contributed by atoms with Gasteiger partial charge in [0.2, 0.25) is 0 Å². The first-order valence-electron chi connectivity index (χ1n) is 10.6. The normalized spacial score (nSPS) is 16.8. The number of aromatic nitrogens is 3. The van der Waals surface area contributed by atoms with Gasteiger partial charge in [-0.05, 0) is 31.0 Å². The minimum absolute atomic E-state index is 0.114. The fraction of sp³-hybridized carbons (Fsp3) is 0.591. The lowest BCUT2D eigenvalue weighted by atomic mass is 9.84. The molecule has 0 amide bonds. The van der Waals surface area contributed by atoms with E-state index in [1.165, 1.54) is 5.56 Å². The third-order valence-electron chi connectivity index (χ3n) is 5.34. The highest BCUT2D eigenvalue weighted by molar-refractivity contribution is 5.80. The number of aliphatic imine (C=N–C) groups is 1. The third kappa shape index (κ3) is 5.50. The van der Waals surface area contributed by atoms with Crippen LogP contribution in [0.1, 0.15) is 44.4 Å². The number of methoxy groups -OCH3 is 2. The molecule has 0 fully saturated rings. The van der Waals surface area contributed by atoms with Crippen molar-refractivity contribution in [3.05, 3.63) is 41.5 Å². The lowest BCUT2D eigenvalue weighted by molar-refractivity contribution is 0.177. The van der Waals surface area contributed by atoms with Gasteiger partial charge in [-0.15, -0.1) is 0 Å². The first-order chi connectivity index (χ1) is 14.4. The van der Waals surface area contributed by atoms with Crippen LogP contribution < -0.4 is 15.4 Å². The van der Waals surface area contributed by atoms with Crippen LogP contribution in [0.15, 0.2) is 29.3 Å². The summed E-state index contributed by atoms with van der Waals surface area (Å²) >= 11 is 0. The Morgan fingerprint density at radius 2 is 2.17 bits per heavy atom. The zero-order valence-electron chi connectivity index (χ0n) is 18.7. The number of nitrogens with zero attached hydrogens (tertiary/aromatic N) is 4. The summed E-state index contributed by atoms with van der Waals surface area (Å²) in [6.45, 7) is 9.18. The van der Waals surface area contributed by atoms with Crippen molar-refractivity contribution in [3.8, 4) is 5.75 Å². The van der Waals surface area contributed by atoms with Crippen LogP contribution in [-0.4, -0.2) is 54.1 Å². The summed E-state index contributed by atoms with van der Waals surface area (Å²) in [6.07, 6.45) is 1.89. The molecule has 1 aliphatic heterocycles. The highest BCUT2D eigenvalue weighted by Crippen LogP contribution is 2.26. The Balaban J connectivity index is 1.66. The van der Waals surface area contributed by atoms with Gasteiger partial charge in [-0.3, -0.25) is 4.99 Å². The molecule has 1 atom stereocenters. The molecule has 164 valence electrons. The number of nitrogens with one attached hydrogen (secondary N) is 2. The number of aryl methyl sites for hydroxylation is 1. The second-order valence-electron chi connectivity index (χ2n) is 8.25. The van der Waals surface area contributed by atoms with E-state index in [0.717, 1.165) is 49.3 Å². The summed E-state index contributed by atoms with van der Waals surface area (Å²) in [4.78, 5) is 9.44. The molecular weight excluding hydrogens is 380 g/mol. The molecule has 1 aromatic carbocycles. The van der Waals surface area contributed by atoms with Crippen LogP contribution in [0.3, 0.4) is 0 Å². The first kappa shape index (κ1) is 22.1. The Morgan fingerprint density at radius 3 is 2.90 bits per heavy atom. The molecular formula is C22H34N6O2. The molecule has 8 nitrogen and oxygen atoms in total. The van der Waals surface area contributed by atoms with Crippen LogP contribution >= 0.6 is 0 Å². The molecule has 2 aromatic rings. The average molecular weight is 415 g/mol. The smallest absolute Gasteiger partial charge is 0.191 e. The predicted molar refractivity (Wildman–Crippen MR) is 118 cm³/mol. The van der Waals surface area contributed by atoms with Gasteiger partial charge in [0.25, 0.3) is 0 Å². The van der Waals surface area contributed by atoms with Gasteiger partial charge in [-0.1, -0.05) is 26.0 Å².